The minimum Gasteiger partial charge on any atom is -0.468 e. The van der Waals surface area contributed by atoms with E-state index in [0.29, 0.717) is 10.6 Å². The molecule has 1 aliphatic heterocycles. The van der Waals surface area contributed by atoms with Crippen molar-refractivity contribution < 1.29 is 19.1 Å². The van der Waals surface area contributed by atoms with Gasteiger partial charge in [-0.05, 0) is 43.5 Å². The minimum absolute atomic E-state index is 0.0499. The highest BCUT2D eigenvalue weighted by Gasteiger charge is 2.45. The van der Waals surface area contributed by atoms with Gasteiger partial charge in [0.15, 0.2) is 0 Å². The molecule has 2 aromatic rings. The maximum absolute atomic E-state index is 12.9. The highest BCUT2D eigenvalue weighted by atomic mass is 35.5. The minimum atomic E-state index is -1.28. The van der Waals surface area contributed by atoms with E-state index in [1.165, 1.54) is 7.11 Å². The number of amides is 2. The number of carbonyl (C=O) groups is 3. The Hall–Kier alpha value is -3.28. The number of benzene rings is 2. The third kappa shape index (κ3) is 5.27. The molecule has 9 heteroatoms. The number of ether oxygens (including phenoxy) is 1. The summed E-state index contributed by atoms with van der Waals surface area (Å²) in [5.41, 5.74) is 4.32. The summed E-state index contributed by atoms with van der Waals surface area (Å²) in [6, 6.07) is 12.8. The Kier molecular flexibility index (Phi) is 8.02. The van der Waals surface area contributed by atoms with Crippen molar-refractivity contribution in [2.24, 2.45) is 5.92 Å². The third-order valence-electron chi connectivity index (χ3n) is 5.51. The first kappa shape index (κ1) is 25.3. The van der Waals surface area contributed by atoms with E-state index in [9.17, 15) is 19.6 Å². The molecule has 2 N–H and O–H groups in total. The number of hydrogen-bond donors (Lipinski definition) is 2. The van der Waals surface area contributed by atoms with Gasteiger partial charge >= 0.3 is 5.97 Å². The predicted molar refractivity (Wildman–Crippen MR) is 132 cm³/mol. The molecule has 0 saturated heterocycles. The van der Waals surface area contributed by atoms with Crippen LogP contribution in [0.2, 0.25) is 5.02 Å². The molecule has 0 saturated carbocycles. The maximum atomic E-state index is 12.9. The summed E-state index contributed by atoms with van der Waals surface area (Å²) in [6.45, 7) is 5.82. The lowest BCUT2D eigenvalue weighted by Crippen LogP contribution is -2.44. The molecule has 3 rings (SSSR count). The van der Waals surface area contributed by atoms with Gasteiger partial charge in [0.05, 0.1) is 29.5 Å². The number of rotatable bonds is 6. The predicted octanol–water partition coefficient (Wildman–Crippen LogP) is 4.37. The first-order chi connectivity index (χ1) is 16.2. The van der Waals surface area contributed by atoms with Gasteiger partial charge in [0.25, 0.3) is 0 Å². The Morgan fingerprint density at radius 3 is 2.44 bits per heavy atom. The molecule has 7 nitrogen and oxygen atoms in total. The summed E-state index contributed by atoms with van der Waals surface area (Å²) in [6.07, 6.45) is 0. The van der Waals surface area contributed by atoms with Gasteiger partial charge in [-0.3, -0.25) is 14.4 Å². The molecular weight excluding hydrogens is 474 g/mol. The van der Waals surface area contributed by atoms with E-state index in [1.54, 1.807) is 24.3 Å². The molecule has 1 heterocycles. The second-order valence-electron chi connectivity index (χ2n) is 7.95. The number of nitrogens with zero attached hydrogens (tertiary/aromatic N) is 1. The largest absolute Gasteiger partial charge is 0.468 e. The van der Waals surface area contributed by atoms with E-state index in [-0.39, 0.29) is 22.3 Å². The molecule has 0 aliphatic carbocycles. The molecular formula is C25H24ClN3O4S. The lowest BCUT2D eigenvalue weighted by atomic mass is 9.78. The fourth-order valence-electron chi connectivity index (χ4n) is 4.07. The lowest BCUT2D eigenvalue weighted by Gasteiger charge is -2.31. The SMILES string of the molecule is COC(=O)[C@@H]1C(=O)NC(SCC(=O)Nc2c(C)cc(C)cc2C)=C(C#N)[C@@H]1c1ccccc1Cl. The van der Waals surface area contributed by atoms with Crippen molar-refractivity contribution in [1.82, 2.24) is 5.32 Å². The van der Waals surface area contributed by atoms with Crippen molar-refractivity contribution in [2.75, 3.05) is 18.2 Å². The zero-order valence-electron chi connectivity index (χ0n) is 19.2. The number of halogens is 1. The highest BCUT2D eigenvalue weighted by molar-refractivity contribution is 8.03. The Labute approximate surface area is 207 Å². The van der Waals surface area contributed by atoms with Crippen LogP contribution in [0.1, 0.15) is 28.2 Å². The smallest absolute Gasteiger partial charge is 0.319 e. The Morgan fingerprint density at radius 2 is 1.85 bits per heavy atom. The zero-order chi connectivity index (χ0) is 25.0. The number of anilines is 1. The van der Waals surface area contributed by atoms with Crippen LogP contribution in [0.3, 0.4) is 0 Å². The van der Waals surface area contributed by atoms with Crippen molar-refractivity contribution >= 4 is 46.8 Å². The number of nitriles is 1. The number of carbonyl (C=O) groups excluding carboxylic acids is 3. The van der Waals surface area contributed by atoms with Crippen molar-refractivity contribution in [3.05, 3.63) is 74.3 Å². The number of esters is 1. The molecule has 0 spiro atoms. The van der Waals surface area contributed by atoms with Crippen LogP contribution in [0.25, 0.3) is 0 Å². The van der Waals surface area contributed by atoms with E-state index in [4.69, 9.17) is 16.3 Å². The average Bonchev–Trinajstić information content (AvgIpc) is 2.79. The summed E-state index contributed by atoms with van der Waals surface area (Å²) >= 11 is 7.38. The van der Waals surface area contributed by atoms with Crippen molar-refractivity contribution in [2.45, 2.75) is 26.7 Å². The average molecular weight is 498 g/mol. The highest BCUT2D eigenvalue weighted by Crippen LogP contribution is 2.42. The molecule has 0 radical (unpaired) electrons. The summed E-state index contributed by atoms with van der Waals surface area (Å²) in [5.74, 6) is -3.96. The molecule has 34 heavy (non-hydrogen) atoms. The molecule has 2 aromatic carbocycles. The normalized spacial score (nSPS) is 17.6. The van der Waals surface area contributed by atoms with Gasteiger partial charge in [0.2, 0.25) is 11.8 Å². The third-order valence-corrected chi connectivity index (χ3v) is 6.87. The fourth-order valence-corrected chi connectivity index (χ4v) is 5.18. The second-order valence-corrected chi connectivity index (χ2v) is 9.35. The van der Waals surface area contributed by atoms with Crippen LogP contribution in [0, 0.1) is 38.0 Å². The molecule has 0 aromatic heterocycles. The van der Waals surface area contributed by atoms with Crippen LogP contribution in [-0.4, -0.2) is 30.6 Å². The van der Waals surface area contributed by atoms with Gasteiger partial charge < -0.3 is 15.4 Å². The van der Waals surface area contributed by atoms with Gasteiger partial charge in [0.1, 0.15) is 5.92 Å². The summed E-state index contributed by atoms with van der Waals surface area (Å²) < 4.78 is 4.83. The van der Waals surface area contributed by atoms with Crippen LogP contribution in [0.15, 0.2) is 47.0 Å². The van der Waals surface area contributed by atoms with Gasteiger partial charge in [-0.1, -0.05) is 59.3 Å². The van der Waals surface area contributed by atoms with E-state index in [0.717, 1.165) is 34.1 Å². The fraction of sp³-hybridized carbons (Fsp3) is 0.280. The lowest BCUT2D eigenvalue weighted by molar-refractivity contribution is -0.150. The van der Waals surface area contributed by atoms with Crippen molar-refractivity contribution in [3.63, 3.8) is 0 Å². The molecule has 0 fully saturated rings. The van der Waals surface area contributed by atoms with Crippen LogP contribution in [-0.2, 0) is 19.1 Å². The summed E-state index contributed by atoms with van der Waals surface area (Å²) in [4.78, 5) is 38.1. The van der Waals surface area contributed by atoms with E-state index in [1.807, 2.05) is 32.9 Å². The standard InChI is InChI=1S/C25H24ClN3O4S/c1-13-9-14(2)22(15(3)10-13)28-19(30)12-34-24-17(11-27)20(16-7-5-6-8-18(16)26)21(23(31)29-24)25(32)33-4/h5-10,20-21H,12H2,1-4H3,(H,28,30)(H,29,31)/t20-,21-/m0/s1. The number of methoxy groups -OCH3 is 1. The topological polar surface area (TPSA) is 108 Å². The molecule has 2 atom stereocenters. The number of aryl methyl sites for hydroxylation is 3. The van der Waals surface area contributed by atoms with E-state index in [2.05, 4.69) is 16.7 Å². The summed E-state index contributed by atoms with van der Waals surface area (Å²) in [5, 5.41) is 16.0. The first-order valence-electron chi connectivity index (χ1n) is 10.5. The monoisotopic (exact) mass is 497 g/mol. The van der Waals surface area contributed by atoms with Crippen LogP contribution in [0.5, 0.6) is 0 Å². The Morgan fingerprint density at radius 1 is 1.21 bits per heavy atom. The number of thioether (sulfide) groups is 1. The summed E-state index contributed by atoms with van der Waals surface area (Å²) in [7, 11) is 1.18. The van der Waals surface area contributed by atoms with Crippen LogP contribution in [0.4, 0.5) is 5.69 Å². The zero-order valence-corrected chi connectivity index (χ0v) is 20.8. The van der Waals surface area contributed by atoms with Gasteiger partial charge in [-0.25, -0.2) is 0 Å². The van der Waals surface area contributed by atoms with Crippen LogP contribution < -0.4 is 10.6 Å². The van der Waals surface area contributed by atoms with Crippen molar-refractivity contribution in [1.29, 1.82) is 5.26 Å². The number of allylic oxidation sites excluding steroid dienone is 1. The van der Waals surface area contributed by atoms with Crippen LogP contribution >= 0.6 is 23.4 Å². The van der Waals surface area contributed by atoms with Gasteiger partial charge in [0, 0.05) is 16.6 Å². The van der Waals surface area contributed by atoms with Gasteiger partial charge in [-0.15, -0.1) is 0 Å². The van der Waals surface area contributed by atoms with E-state index < -0.39 is 23.7 Å². The van der Waals surface area contributed by atoms with Crippen molar-refractivity contribution in [3.8, 4) is 6.07 Å². The Balaban J connectivity index is 1.91. The second kappa shape index (κ2) is 10.8. The molecule has 1 aliphatic rings. The Bertz CT molecular complexity index is 1210. The quantitative estimate of drug-likeness (QED) is 0.453. The number of nitrogens with one attached hydrogen (secondary N) is 2. The van der Waals surface area contributed by atoms with Gasteiger partial charge in [-0.2, -0.15) is 5.26 Å². The first-order valence-corrected chi connectivity index (χ1v) is 11.8. The maximum Gasteiger partial charge on any atom is 0.319 e. The number of hydrogen-bond acceptors (Lipinski definition) is 6. The molecule has 176 valence electrons. The van der Waals surface area contributed by atoms with E-state index >= 15 is 0 Å². The molecule has 0 bridgehead atoms. The molecule has 2 amide bonds. The molecule has 0 unspecified atom stereocenters.